The van der Waals surface area contributed by atoms with Crippen LogP contribution in [0.1, 0.15) is 23.7 Å². The van der Waals surface area contributed by atoms with E-state index in [0.717, 1.165) is 21.4 Å². The lowest BCUT2D eigenvalue weighted by Gasteiger charge is -2.17. The van der Waals surface area contributed by atoms with Crippen molar-refractivity contribution < 1.29 is 9.59 Å². The second kappa shape index (κ2) is 9.04. The number of nitrogens with one attached hydrogen (secondary N) is 1. The van der Waals surface area contributed by atoms with E-state index in [1.807, 2.05) is 48.7 Å². The molecule has 2 aromatic carbocycles. The van der Waals surface area contributed by atoms with E-state index in [9.17, 15) is 9.59 Å². The Morgan fingerprint density at radius 3 is 2.50 bits per heavy atom. The number of hydrogen-bond donors (Lipinski definition) is 1. The number of rotatable bonds is 7. The molecule has 2 aromatic rings. The molecule has 5 heteroatoms. The van der Waals surface area contributed by atoms with Crippen molar-refractivity contribution in [3.05, 3.63) is 58.6 Å². The molecule has 0 aromatic heterocycles. The standard InChI is InChI=1S/C19H20BrNO2S/c1-13(22)18(10-11-24-2)21-19(23)16-9-8-15(20)12-17(16)14-6-4-3-5-7-14/h3-9,12,18H,10-11H2,1-2H3,(H,21,23)/t18-/m0/s1. The predicted molar refractivity (Wildman–Crippen MR) is 105 cm³/mol. The largest absolute Gasteiger partial charge is 0.342 e. The molecule has 1 N–H and O–H groups in total. The van der Waals surface area contributed by atoms with Crippen LogP contribution < -0.4 is 5.32 Å². The first-order valence-electron chi connectivity index (χ1n) is 7.68. The Kier molecular flexibility index (Phi) is 7.06. The van der Waals surface area contributed by atoms with Crippen molar-refractivity contribution in [2.75, 3.05) is 12.0 Å². The van der Waals surface area contributed by atoms with Crippen LogP contribution in [0.4, 0.5) is 0 Å². The molecule has 126 valence electrons. The first-order chi connectivity index (χ1) is 11.5. The Morgan fingerprint density at radius 1 is 1.17 bits per heavy atom. The van der Waals surface area contributed by atoms with E-state index < -0.39 is 6.04 Å². The first kappa shape index (κ1) is 18.7. The summed E-state index contributed by atoms with van der Waals surface area (Å²) in [5.41, 5.74) is 2.38. The van der Waals surface area contributed by atoms with Crippen LogP contribution in [-0.4, -0.2) is 29.7 Å². The molecule has 0 aliphatic rings. The molecule has 0 fully saturated rings. The highest BCUT2D eigenvalue weighted by Crippen LogP contribution is 2.27. The number of Topliss-reactive ketones (excluding diaryl/α,β-unsaturated/α-hetero) is 1. The zero-order chi connectivity index (χ0) is 17.5. The fourth-order valence-electron chi connectivity index (χ4n) is 2.42. The normalized spacial score (nSPS) is 11.8. The zero-order valence-corrected chi connectivity index (χ0v) is 16.1. The van der Waals surface area contributed by atoms with Gasteiger partial charge in [0.15, 0.2) is 5.78 Å². The summed E-state index contributed by atoms with van der Waals surface area (Å²) < 4.78 is 0.906. The number of halogens is 1. The van der Waals surface area contributed by atoms with Gasteiger partial charge in [0.1, 0.15) is 0 Å². The molecule has 0 heterocycles. The van der Waals surface area contributed by atoms with Gasteiger partial charge >= 0.3 is 0 Å². The SMILES string of the molecule is CSCC[C@H](NC(=O)c1ccc(Br)cc1-c1ccccc1)C(C)=O. The third-order valence-corrected chi connectivity index (χ3v) is 4.85. The van der Waals surface area contributed by atoms with Crippen LogP contribution in [0.25, 0.3) is 11.1 Å². The van der Waals surface area contributed by atoms with Gasteiger partial charge < -0.3 is 5.32 Å². The molecule has 0 bridgehead atoms. The van der Waals surface area contributed by atoms with Gasteiger partial charge in [0.25, 0.3) is 5.91 Å². The minimum absolute atomic E-state index is 0.0178. The van der Waals surface area contributed by atoms with Gasteiger partial charge in [0, 0.05) is 10.0 Å². The molecule has 0 aliphatic carbocycles. The van der Waals surface area contributed by atoms with Crippen molar-refractivity contribution >= 4 is 39.4 Å². The topological polar surface area (TPSA) is 46.2 Å². The van der Waals surface area contributed by atoms with Gasteiger partial charge in [0.2, 0.25) is 0 Å². The molecule has 0 spiro atoms. The van der Waals surface area contributed by atoms with Crippen LogP contribution in [0.3, 0.4) is 0 Å². The average Bonchev–Trinajstić information content (AvgIpc) is 2.58. The first-order valence-corrected chi connectivity index (χ1v) is 9.87. The van der Waals surface area contributed by atoms with Crippen LogP contribution in [-0.2, 0) is 4.79 Å². The second-order valence-corrected chi connectivity index (χ2v) is 7.38. The third-order valence-electron chi connectivity index (χ3n) is 3.72. The van der Waals surface area contributed by atoms with E-state index in [4.69, 9.17) is 0 Å². The zero-order valence-electron chi connectivity index (χ0n) is 13.7. The van der Waals surface area contributed by atoms with Crippen molar-refractivity contribution in [3.63, 3.8) is 0 Å². The van der Waals surface area contributed by atoms with E-state index in [0.29, 0.717) is 12.0 Å². The fraction of sp³-hybridized carbons (Fsp3) is 0.263. The summed E-state index contributed by atoms with van der Waals surface area (Å²) in [4.78, 5) is 24.5. The minimum Gasteiger partial charge on any atom is -0.342 e. The molecule has 0 saturated carbocycles. The molecular formula is C19H20BrNO2S. The number of carbonyl (C=O) groups is 2. The lowest BCUT2D eigenvalue weighted by molar-refractivity contribution is -0.118. The van der Waals surface area contributed by atoms with Gasteiger partial charge in [-0.25, -0.2) is 0 Å². The average molecular weight is 406 g/mol. The maximum absolute atomic E-state index is 12.7. The molecule has 1 amide bonds. The van der Waals surface area contributed by atoms with Gasteiger partial charge in [-0.15, -0.1) is 0 Å². The molecule has 3 nitrogen and oxygen atoms in total. The molecule has 0 radical (unpaired) electrons. The van der Waals surface area contributed by atoms with Crippen LogP contribution in [0.15, 0.2) is 53.0 Å². The smallest absolute Gasteiger partial charge is 0.252 e. The predicted octanol–water partition coefficient (Wildman–Crippen LogP) is 4.56. The highest BCUT2D eigenvalue weighted by Gasteiger charge is 2.20. The summed E-state index contributed by atoms with van der Waals surface area (Å²) in [6.45, 7) is 1.52. The molecule has 0 aliphatic heterocycles. The van der Waals surface area contributed by atoms with Crippen LogP contribution in [0.2, 0.25) is 0 Å². The minimum atomic E-state index is -0.447. The summed E-state index contributed by atoms with van der Waals surface area (Å²) in [5.74, 6) is 0.592. The van der Waals surface area contributed by atoms with Crippen LogP contribution >= 0.6 is 27.7 Å². The van der Waals surface area contributed by atoms with E-state index >= 15 is 0 Å². The molecule has 1 atom stereocenters. The summed E-state index contributed by atoms with van der Waals surface area (Å²) >= 11 is 5.12. The van der Waals surface area contributed by atoms with Crippen LogP contribution in [0, 0.1) is 0 Å². The Bertz CT molecular complexity index is 719. The highest BCUT2D eigenvalue weighted by atomic mass is 79.9. The molecule has 2 rings (SSSR count). The number of benzene rings is 2. The monoisotopic (exact) mass is 405 g/mol. The van der Waals surface area contributed by atoms with Crippen molar-refractivity contribution in [1.29, 1.82) is 0 Å². The van der Waals surface area contributed by atoms with Crippen molar-refractivity contribution in [2.45, 2.75) is 19.4 Å². The van der Waals surface area contributed by atoms with E-state index in [2.05, 4.69) is 21.2 Å². The Morgan fingerprint density at radius 2 is 1.88 bits per heavy atom. The number of hydrogen-bond acceptors (Lipinski definition) is 3. The number of amides is 1. The van der Waals surface area contributed by atoms with Gasteiger partial charge in [-0.1, -0.05) is 46.3 Å². The Labute approximate surface area is 155 Å². The van der Waals surface area contributed by atoms with Gasteiger partial charge in [-0.05, 0) is 54.7 Å². The number of carbonyl (C=O) groups excluding carboxylic acids is 2. The van der Waals surface area contributed by atoms with Crippen molar-refractivity contribution in [3.8, 4) is 11.1 Å². The molecule has 0 saturated heterocycles. The molecule has 24 heavy (non-hydrogen) atoms. The summed E-state index contributed by atoms with van der Waals surface area (Å²) in [6.07, 6.45) is 2.63. The maximum Gasteiger partial charge on any atom is 0.252 e. The summed E-state index contributed by atoms with van der Waals surface area (Å²) in [5, 5.41) is 2.88. The molecule has 0 unspecified atom stereocenters. The lowest BCUT2D eigenvalue weighted by atomic mass is 9.98. The lowest BCUT2D eigenvalue weighted by Crippen LogP contribution is -2.40. The van der Waals surface area contributed by atoms with E-state index in [-0.39, 0.29) is 11.7 Å². The second-order valence-electron chi connectivity index (χ2n) is 5.47. The van der Waals surface area contributed by atoms with E-state index in [1.54, 1.807) is 17.8 Å². The van der Waals surface area contributed by atoms with Crippen molar-refractivity contribution in [1.82, 2.24) is 5.32 Å². The number of thioether (sulfide) groups is 1. The van der Waals surface area contributed by atoms with E-state index in [1.165, 1.54) is 6.92 Å². The van der Waals surface area contributed by atoms with Gasteiger partial charge in [-0.3, -0.25) is 9.59 Å². The van der Waals surface area contributed by atoms with Gasteiger partial charge in [-0.2, -0.15) is 11.8 Å². The maximum atomic E-state index is 12.7. The third kappa shape index (κ3) is 4.95. The van der Waals surface area contributed by atoms with Crippen LogP contribution in [0.5, 0.6) is 0 Å². The highest BCUT2D eigenvalue weighted by molar-refractivity contribution is 9.10. The quantitative estimate of drug-likeness (QED) is 0.734. The Balaban J connectivity index is 2.31. The summed E-state index contributed by atoms with van der Waals surface area (Å²) in [7, 11) is 0. The fourth-order valence-corrected chi connectivity index (χ4v) is 3.25. The summed E-state index contributed by atoms with van der Waals surface area (Å²) in [6, 6.07) is 14.9. The van der Waals surface area contributed by atoms with Gasteiger partial charge in [0.05, 0.1) is 6.04 Å². The van der Waals surface area contributed by atoms with Crippen molar-refractivity contribution in [2.24, 2.45) is 0 Å². The Hall–Kier alpha value is -1.59. The number of ketones is 1. The molecular weight excluding hydrogens is 386 g/mol.